The largest absolute Gasteiger partial charge is 0.314 e. The number of hydrogen-bond acceptors (Lipinski definition) is 2. The molecule has 1 heterocycles. The summed E-state index contributed by atoms with van der Waals surface area (Å²) in [5, 5.41) is 4.20. The Balaban J connectivity index is 2.22. The molecule has 0 aromatic heterocycles. The summed E-state index contributed by atoms with van der Waals surface area (Å²) in [5.74, 6) is 0. The van der Waals surface area contributed by atoms with Gasteiger partial charge in [-0.05, 0) is 31.5 Å². The van der Waals surface area contributed by atoms with Crippen molar-refractivity contribution in [2.45, 2.75) is 19.4 Å². The molecule has 0 unspecified atom stereocenters. The Kier molecular flexibility index (Phi) is 3.53. The maximum absolute atomic E-state index is 6.06. The number of halogens is 1. The van der Waals surface area contributed by atoms with Crippen molar-refractivity contribution in [3.8, 4) is 0 Å². The van der Waals surface area contributed by atoms with Crippen LogP contribution in [0.5, 0.6) is 0 Å². The second-order valence-electron chi connectivity index (χ2n) is 4.81. The van der Waals surface area contributed by atoms with Gasteiger partial charge in [0.2, 0.25) is 0 Å². The molecule has 1 aromatic rings. The Labute approximate surface area is 103 Å². The number of nitrogens with zero attached hydrogens (tertiary/aromatic N) is 1. The van der Waals surface area contributed by atoms with Crippen LogP contribution < -0.4 is 5.32 Å². The van der Waals surface area contributed by atoms with E-state index in [4.69, 9.17) is 11.6 Å². The molecular formula is C13H19ClN2. The molecule has 1 fully saturated rings. The maximum Gasteiger partial charge on any atom is 0.0409 e. The lowest BCUT2D eigenvalue weighted by molar-refractivity contribution is 0.103. The first kappa shape index (κ1) is 11.9. The van der Waals surface area contributed by atoms with Crippen molar-refractivity contribution < 1.29 is 0 Å². The summed E-state index contributed by atoms with van der Waals surface area (Å²) in [4.78, 5) is 2.51. The zero-order valence-corrected chi connectivity index (χ0v) is 10.7. The predicted octanol–water partition coefficient (Wildman–Crippen LogP) is 2.48. The number of benzene rings is 1. The topological polar surface area (TPSA) is 15.3 Å². The Morgan fingerprint density at radius 1 is 1.25 bits per heavy atom. The third kappa shape index (κ3) is 2.40. The molecule has 1 aliphatic heterocycles. The fourth-order valence-electron chi connectivity index (χ4n) is 2.28. The summed E-state index contributed by atoms with van der Waals surface area (Å²) in [6.45, 7) is 8.88. The summed E-state index contributed by atoms with van der Waals surface area (Å²) >= 11 is 6.06. The van der Waals surface area contributed by atoms with E-state index >= 15 is 0 Å². The van der Waals surface area contributed by atoms with Gasteiger partial charge in [0, 0.05) is 36.7 Å². The number of piperazine rings is 1. The van der Waals surface area contributed by atoms with Crippen LogP contribution in [0.2, 0.25) is 5.02 Å². The Hall–Kier alpha value is -0.570. The van der Waals surface area contributed by atoms with Gasteiger partial charge in [0.15, 0.2) is 0 Å². The van der Waals surface area contributed by atoms with Gasteiger partial charge in [-0.25, -0.2) is 0 Å². The van der Waals surface area contributed by atoms with E-state index < -0.39 is 0 Å². The second kappa shape index (κ2) is 4.74. The van der Waals surface area contributed by atoms with Crippen LogP contribution in [0.4, 0.5) is 0 Å². The van der Waals surface area contributed by atoms with E-state index in [-0.39, 0.29) is 5.54 Å². The van der Waals surface area contributed by atoms with Gasteiger partial charge >= 0.3 is 0 Å². The molecular weight excluding hydrogens is 220 g/mol. The highest BCUT2D eigenvalue weighted by atomic mass is 35.5. The monoisotopic (exact) mass is 238 g/mol. The van der Waals surface area contributed by atoms with Crippen molar-refractivity contribution in [3.05, 3.63) is 34.9 Å². The van der Waals surface area contributed by atoms with Gasteiger partial charge < -0.3 is 5.32 Å². The zero-order valence-electron chi connectivity index (χ0n) is 9.96. The van der Waals surface area contributed by atoms with Crippen LogP contribution in [-0.4, -0.2) is 31.1 Å². The van der Waals surface area contributed by atoms with Gasteiger partial charge in [-0.2, -0.15) is 0 Å². The van der Waals surface area contributed by atoms with E-state index in [1.165, 1.54) is 5.56 Å². The van der Waals surface area contributed by atoms with Crippen LogP contribution in [-0.2, 0) is 5.54 Å². The lowest BCUT2D eigenvalue weighted by Crippen LogP contribution is -2.51. The molecule has 1 aromatic carbocycles. The van der Waals surface area contributed by atoms with Crippen LogP contribution in [0.3, 0.4) is 0 Å². The van der Waals surface area contributed by atoms with E-state index in [0.29, 0.717) is 0 Å². The highest BCUT2D eigenvalue weighted by Gasteiger charge is 2.29. The first-order valence-corrected chi connectivity index (χ1v) is 6.20. The lowest BCUT2D eigenvalue weighted by atomic mass is 9.91. The fraction of sp³-hybridized carbons (Fsp3) is 0.538. The molecule has 0 radical (unpaired) electrons. The van der Waals surface area contributed by atoms with Crippen molar-refractivity contribution in [1.82, 2.24) is 10.2 Å². The fourth-order valence-corrected chi connectivity index (χ4v) is 2.47. The molecule has 2 nitrogen and oxygen atoms in total. The quantitative estimate of drug-likeness (QED) is 0.852. The van der Waals surface area contributed by atoms with Gasteiger partial charge in [-0.15, -0.1) is 0 Å². The molecule has 88 valence electrons. The Morgan fingerprint density at radius 3 is 2.56 bits per heavy atom. The first-order chi connectivity index (χ1) is 7.60. The van der Waals surface area contributed by atoms with Gasteiger partial charge in [0.25, 0.3) is 0 Å². The molecule has 0 bridgehead atoms. The molecule has 0 spiro atoms. The molecule has 0 saturated carbocycles. The molecule has 0 amide bonds. The lowest BCUT2D eigenvalue weighted by Gasteiger charge is -2.41. The summed E-state index contributed by atoms with van der Waals surface area (Å²) < 4.78 is 0. The van der Waals surface area contributed by atoms with E-state index in [1.807, 2.05) is 12.1 Å². The second-order valence-corrected chi connectivity index (χ2v) is 5.24. The van der Waals surface area contributed by atoms with Crippen LogP contribution in [0.15, 0.2) is 24.3 Å². The minimum Gasteiger partial charge on any atom is -0.314 e. The zero-order chi connectivity index (χ0) is 11.6. The SMILES string of the molecule is CC(C)(c1cccc(Cl)c1)N1CCNCC1. The van der Waals surface area contributed by atoms with Crippen LogP contribution >= 0.6 is 11.6 Å². The van der Waals surface area contributed by atoms with Gasteiger partial charge in [0.1, 0.15) is 0 Å². The molecule has 3 heteroatoms. The standard InChI is InChI=1S/C13H19ClN2/c1-13(2,16-8-6-15-7-9-16)11-4-3-5-12(14)10-11/h3-5,10,15H,6-9H2,1-2H3. The summed E-state index contributed by atoms with van der Waals surface area (Å²) in [6.07, 6.45) is 0. The van der Waals surface area contributed by atoms with Crippen molar-refractivity contribution in [2.24, 2.45) is 0 Å². The summed E-state index contributed by atoms with van der Waals surface area (Å²) in [6, 6.07) is 8.19. The minimum atomic E-state index is 0.0625. The average Bonchev–Trinajstić information content (AvgIpc) is 2.30. The number of rotatable bonds is 2. The van der Waals surface area contributed by atoms with Crippen molar-refractivity contribution >= 4 is 11.6 Å². The third-order valence-electron chi connectivity index (χ3n) is 3.44. The van der Waals surface area contributed by atoms with Crippen molar-refractivity contribution in [1.29, 1.82) is 0 Å². The van der Waals surface area contributed by atoms with E-state index in [0.717, 1.165) is 31.2 Å². The highest BCUT2D eigenvalue weighted by molar-refractivity contribution is 6.30. The van der Waals surface area contributed by atoms with E-state index in [1.54, 1.807) is 0 Å². The molecule has 0 atom stereocenters. The number of nitrogens with one attached hydrogen (secondary N) is 1. The average molecular weight is 239 g/mol. The van der Waals surface area contributed by atoms with Gasteiger partial charge in [0.05, 0.1) is 0 Å². The van der Waals surface area contributed by atoms with Crippen LogP contribution in [0, 0.1) is 0 Å². The van der Waals surface area contributed by atoms with Crippen LogP contribution in [0.25, 0.3) is 0 Å². The molecule has 1 aliphatic rings. The minimum absolute atomic E-state index is 0.0625. The van der Waals surface area contributed by atoms with Gasteiger partial charge in [-0.1, -0.05) is 23.7 Å². The Morgan fingerprint density at radius 2 is 1.94 bits per heavy atom. The van der Waals surface area contributed by atoms with Crippen molar-refractivity contribution in [2.75, 3.05) is 26.2 Å². The first-order valence-electron chi connectivity index (χ1n) is 5.82. The van der Waals surface area contributed by atoms with Crippen molar-refractivity contribution in [3.63, 3.8) is 0 Å². The van der Waals surface area contributed by atoms with Crippen LogP contribution in [0.1, 0.15) is 19.4 Å². The maximum atomic E-state index is 6.06. The highest BCUT2D eigenvalue weighted by Crippen LogP contribution is 2.29. The molecule has 1 N–H and O–H groups in total. The molecule has 0 aliphatic carbocycles. The molecule has 2 rings (SSSR count). The van der Waals surface area contributed by atoms with Gasteiger partial charge in [-0.3, -0.25) is 4.90 Å². The number of hydrogen-bond donors (Lipinski definition) is 1. The summed E-state index contributed by atoms with van der Waals surface area (Å²) in [5.41, 5.74) is 1.36. The normalized spacial score (nSPS) is 18.7. The molecule has 16 heavy (non-hydrogen) atoms. The van der Waals surface area contributed by atoms with E-state index in [9.17, 15) is 0 Å². The Bertz CT molecular complexity index is 357. The molecule has 1 saturated heterocycles. The summed E-state index contributed by atoms with van der Waals surface area (Å²) in [7, 11) is 0. The smallest absolute Gasteiger partial charge is 0.0409 e. The predicted molar refractivity (Wildman–Crippen MR) is 68.9 cm³/mol. The third-order valence-corrected chi connectivity index (χ3v) is 3.67. The van der Waals surface area contributed by atoms with E-state index in [2.05, 4.69) is 36.2 Å².